The van der Waals surface area contributed by atoms with Crippen LogP contribution >= 0.6 is 23.1 Å². The van der Waals surface area contributed by atoms with Crippen LogP contribution in [0.2, 0.25) is 0 Å². The molecule has 1 aromatic carbocycles. The second kappa shape index (κ2) is 9.55. The number of nitrogens with zero attached hydrogens (tertiary/aromatic N) is 2. The number of carbonyl (C=O) groups excluding carboxylic acids is 1. The molecule has 2 N–H and O–H groups in total. The van der Waals surface area contributed by atoms with Crippen LogP contribution in [-0.4, -0.2) is 27.4 Å². The maximum Gasteiger partial charge on any atom is 0.233 e. The first kappa shape index (κ1) is 20.1. The molecule has 1 aliphatic carbocycles. The molecule has 0 saturated heterocycles. The highest BCUT2D eigenvalue weighted by atomic mass is 32.2. The summed E-state index contributed by atoms with van der Waals surface area (Å²) in [6.45, 7) is 7.19. The fraction of sp³-hybridized carbons (Fsp3) is 0.550. The summed E-state index contributed by atoms with van der Waals surface area (Å²) in [6.07, 6.45) is 3.55. The minimum atomic E-state index is -0.177. The van der Waals surface area contributed by atoms with Gasteiger partial charge in [0, 0.05) is 12.6 Å². The first-order valence-corrected chi connectivity index (χ1v) is 11.3. The molecule has 0 aliphatic heterocycles. The van der Waals surface area contributed by atoms with E-state index in [0.717, 1.165) is 15.9 Å². The highest BCUT2D eigenvalue weighted by Gasteiger charge is 2.29. The van der Waals surface area contributed by atoms with Crippen molar-refractivity contribution >= 4 is 34.1 Å². The third kappa shape index (κ3) is 5.69. The molecular formula is C20H28N4OS2. The molecule has 0 spiro atoms. The molecule has 3 rings (SSSR count). The summed E-state index contributed by atoms with van der Waals surface area (Å²) in [6, 6.07) is 10.5. The summed E-state index contributed by atoms with van der Waals surface area (Å²) in [5.74, 6) is 1.31. The molecule has 2 aromatic rings. The van der Waals surface area contributed by atoms with E-state index in [2.05, 4.69) is 46.8 Å². The van der Waals surface area contributed by atoms with Crippen molar-refractivity contribution in [2.45, 2.75) is 62.2 Å². The zero-order valence-electron chi connectivity index (χ0n) is 16.1. The van der Waals surface area contributed by atoms with E-state index in [1.54, 1.807) is 0 Å². The maximum atomic E-state index is 12.6. The zero-order valence-corrected chi connectivity index (χ0v) is 17.8. The van der Waals surface area contributed by atoms with Crippen molar-refractivity contribution in [3.05, 3.63) is 35.9 Å². The fourth-order valence-corrected chi connectivity index (χ4v) is 5.29. The number of aromatic nitrogens is 2. The van der Waals surface area contributed by atoms with Gasteiger partial charge >= 0.3 is 0 Å². The van der Waals surface area contributed by atoms with E-state index in [1.165, 1.54) is 41.5 Å². The molecule has 1 aliphatic rings. The molecular weight excluding hydrogens is 376 g/mol. The van der Waals surface area contributed by atoms with Crippen molar-refractivity contribution < 1.29 is 4.79 Å². The van der Waals surface area contributed by atoms with Crippen molar-refractivity contribution in [3.8, 4) is 0 Å². The van der Waals surface area contributed by atoms with E-state index in [9.17, 15) is 4.79 Å². The van der Waals surface area contributed by atoms with Crippen LogP contribution in [0.1, 0.15) is 45.6 Å². The van der Waals surface area contributed by atoms with Gasteiger partial charge in [-0.25, -0.2) is 0 Å². The van der Waals surface area contributed by atoms with Gasteiger partial charge in [-0.3, -0.25) is 4.79 Å². The number of hydrogen-bond acceptors (Lipinski definition) is 6. The molecule has 5 nitrogen and oxygen atoms in total. The van der Waals surface area contributed by atoms with Crippen molar-refractivity contribution in [3.63, 3.8) is 0 Å². The van der Waals surface area contributed by atoms with Gasteiger partial charge in [-0.15, -0.1) is 10.2 Å². The molecule has 1 aromatic heterocycles. The van der Waals surface area contributed by atoms with Crippen LogP contribution in [0.4, 0.5) is 5.13 Å². The SMILES string of the molecule is C[C@@H]1[C@H](C)CCC[C@@H]1NC(=O)[C@@H](C)Sc1nnc(NCc2ccccc2)s1. The molecule has 0 radical (unpaired) electrons. The molecule has 4 atom stereocenters. The quantitative estimate of drug-likeness (QED) is 0.662. The number of nitrogens with one attached hydrogen (secondary N) is 2. The summed E-state index contributed by atoms with van der Waals surface area (Å²) in [7, 11) is 0. The van der Waals surface area contributed by atoms with Crippen molar-refractivity contribution in [1.82, 2.24) is 15.5 Å². The van der Waals surface area contributed by atoms with Gasteiger partial charge in [0.15, 0.2) is 4.34 Å². The fourth-order valence-electron chi connectivity index (χ4n) is 3.39. The third-order valence-electron chi connectivity index (χ3n) is 5.37. The topological polar surface area (TPSA) is 66.9 Å². The van der Waals surface area contributed by atoms with Crippen LogP contribution in [0.5, 0.6) is 0 Å². The van der Waals surface area contributed by atoms with Gasteiger partial charge in [-0.2, -0.15) is 0 Å². The third-order valence-corrected chi connectivity index (χ3v) is 7.44. The number of hydrogen-bond donors (Lipinski definition) is 2. The number of carbonyl (C=O) groups is 1. The molecule has 7 heteroatoms. The van der Waals surface area contributed by atoms with E-state index < -0.39 is 0 Å². The standard InChI is InChI=1S/C20H28N4OS2/c1-13-8-7-11-17(14(13)2)22-18(25)15(3)26-20-24-23-19(27-20)21-12-16-9-5-4-6-10-16/h4-6,9-10,13-15,17H,7-8,11-12H2,1-3H3,(H,21,23)(H,22,25)/t13-,14-,15-,17+/m1/s1. The van der Waals surface area contributed by atoms with Gasteiger partial charge in [-0.05, 0) is 30.7 Å². The molecule has 0 bridgehead atoms. The van der Waals surface area contributed by atoms with Gasteiger partial charge in [0.1, 0.15) is 0 Å². The Morgan fingerprint density at radius 3 is 2.81 bits per heavy atom. The lowest BCUT2D eigenvalue weighted by atomic mass is 9.78. The highest BCUT2D eigenvalue weighted by molar-refractivity contribution is 8.02. The van der Waals surface area contributed by atoms with Gasteiger partial charge in [0.2, 0.25) is 11.0 Å². The highest BCUT2D eigenvalue weighted by Crippen LogP contribution is 2.31. The zero-order chi connectivity index (χ0) is 19.2. The lowest BCUT2D eigenvalue weighted by Gasteiger charge is -2.35. The van der Waals surface area contributed by atoms with Gasteiger partial charge in [-0.1, -0.05) is 80.1 Å². The Kier molecular flexibility index (Phi) is 7.13. The predicted molar refractivity (Wildman–Crippen MR) is 113 cm³/mol. The predicted octanol–water partition coefficient (Wildman–Crippen LogP) is 4.57. The van der Waals surface area contributed by atoms with Crippen molar-refractivity contribution in [1.29, 1.82) is 0 Å². The molecule has 27 heavy (non-hydrogen) atoms. The number of benzene rings is 1. The lowest BCUT2D eigenvalue weighted by molar-refractivity contribution is -0.121. The smallest absolute Gasteiger partial charge is 0.233 e. The van der Waals surface area contributed by atoms with Crippen LogP contribution < -0.4 is 10.6 Å². The Morgan fingerprint density at radius 2 is 2.04 bits per heavy atom. The molecule has 1 saturated carbocycles. The summed E-state index contributed by atoms with van der Waals surface area (Å²) in [5, 5.41) is 15.5. The van der Waals surface area contributed by atoms with Crippen molar-refractivity contribution in [2.24, 2.45) is 11.8 Å². The minimum Gasteiger partial charge on any atom is -0.356 e. The number of rotatable bonds is 7. The van der Waals surface area contributed by atoms with Crippen LogP contribution in [-0.2, 0) is 11.3 Å². The molecule has 1 fully saturated rings. The molecule has 1 amide bonds. The minimum absolute atomic E-state index is 0.0972. The van der Waals surface area contributed by atoms with Gasteiger partial charge < -0.3 is 10.6 Å². The van der Waals surface area contributed by atoms with Crippen molar-refractivity contribution in [2.75, 3.05) is 5.32 Å². The van der Waals surface area contributed by atoms with Crippen LogP contribution in [0.25, 0.3) is 0 Å². The second-order valence-corrected chi connectivity index (χ2v) is 9.92. The molecule has 1 heterocycles. The van der Waals surface area contributed by atoms with Crippen LogP contribution in [0, 0.1) is 11.8 Å². The van der Waals surface area contributed by atoms with Gasteiger partial charge in [0.25, 0.3) is 0 Å². The summed E-state index contributed by atoms with van der Waals surface area (Å²) in [4.78, 5) is 12.6. The van der Waals surface area contributed by atoms with Crippen LogP contribution in [0.15, 0.2) is 34.7 Å². The average Bonchev–Trinajstić information content (AvgIpc) is 3.12. The largest absolute Gasteiger partial charge is 0.356 e. The first-order valence-electron chi connectivity index (χ1n) is 9.61. The Morgan fingerprint density at radius 1 is 1.26 bits per heavy atom. The van der Waals surface area contributed by atoms with E-state index in [-0.39, 0.29) is 11.2 Å². The summed E-state index contributed by atoms with van der Waals surface area (Å²) >= 11 is 2.97. The Balaban J connectivity index is 1.48. The monoisotopic (exact) mass is 404 g/mol. The van der Waals surface area contributed by atoms with E-state index in [4.69, 9.17) is 0 Å². The molecule has 146 valence electrons. The number of anilines is 1. The number of thioether (sulfide) groups is 1. The van der Waals surface area contributed by atoms with E-state index in [0.29, 0.717) is 24.4 Å². The first-order chi connectivity index (χ1) is 13.0. The Labute approximate surface area is 169 Å². The Hall–Kier alpha value is -1.60. The molecule has 0 unspecified atom stereocenters. The second-order valence-electron chi connectivity index (χ2n) is 7.35. The average molecular weight is 405 g/mol. The van der Waals surface area contributed by atoms with E-state index in [1.807, 2.05) is 25.1 Å². The lowest BCUT2D eigenvalue weighted by Crippen LogP contribution is -2.46. The van der Waals surface area contributed by atoms with Crippen LogP contribution in [0.3, 0.4) is 0 Å². The maximum absolute atomic E-state index is 12.6. The Bertz CT molecular complexity index is 737. The van der Waals surface area contributed by atoms with E-state index >= 15 is 0 Å². The summed E-state index contributed by atoms with van der Waals surface area (Å²) in [5.41, 5.74) is 1.20. The summed E-state index contributed by atoms with van der Waals surface area (Å²) < 4.78 is 0.818. The van der Waals surface area contributed by atoms with Gasteiger partial charge in [0.05, 0.1) is 5.25 Å². The normalized spacial score (nSPS) is 23.6. The number of amides is 1.